The van der Waals surface area contributed by atoms with Crippen molar-refractivity contribution >= 4 is 23.6 Å². The van der Waals surface area contributed by atoms with Gasteiger partial charge in [-0.25, -0.2) is 4.39 Å². The molecule has 0 spiro atoms. The van der Waals surface area contributed by atoms with Gasteiger partial charge >= 0.3 is 0 Å². The Balaban J connectivity index is 1.48. The molecule has 3 aliphatic heterocycles. The zero-order valence-corrected chi connectivity index (χ0v) is 16.1. The van der Waals surface area contributed by atoms with Crippen LogP contribution in [0.25, 0.3) is 0 Å². The number of carbonyl (C=O) groups excluding carboxylic acids is 4. The number of piperidine rings is 2. The first-order valence-electron chi connectivity index (χ1n) is 9.53. The van der Waals surface area contributed by atoms with Gasteiger partial charge in [-0.15, -0.1) is 0 Å². The van der Waals surface area contributed by atoms with Crippen LogP contribution in [0.15, 0.2) is 42.5 Å². The number of hydrogen-bond donors (Lipinski definition) is 0. The first kappa shape index (κ1) is 18.5. The molecule has 0 aromatic heterocycles. The molecule has 1 saturated carbocycles. The Morgan fingerprint density at radius 2 is 1.73 bits per heavy atom. The molecule has 0 N–H and O–H groups in total. The fraction of sp³-hybridized carbons (Fsp3) is 0.273. The first-order valence-corrected chi connectivity index (χ1v) is 9.53. The van der Waals surface area contributed by atoms with E-state index in [0.29, 0.717) is 11.3 Å². The molecular weight excluding hydrogens is 391 g/mol. The number of fused-ring (bicyclic) bond motifs is 3. The van der Waals surface area contributed by atoms with Crippen molar-refractivity contribution < 1.29 is 28.3 Å². The third-order valence-corrected chi connectivity index (χ3v) is 6.22. The molecule has 7 nitrogen and oxygen atoms in total. The van der Waals surface area contributed by atoms with Gasteiger partial charge in [-0.2, -0.15) is 0 Å². The lowest BCUT2D eigenvalue weighted by Gasteiger charge is -2.56. The number of halogens is 1. The number of methoxy groups -OCH3 is 1. The first-order chi connectivity index (χ1) is 14.4. The number of hydrogen-bond acceptors (Lipinski definition) is 5. The Labute approximate surface area is 171 Å². The van der Waals surface area contributed by atoms with Gasteiger partial charge in [0.1, 0.15) is 17.1 Å². The highest BCUT2D eigenvalue weighted by Gasteiger charge is 2.67. The van der Waals surface area contributed by atoms with E-state index in [-0.39, 0.29) is 36.4 Å². The smallest absolute Gasteiger partial charge is 0.265 e. The van der Waals surface area contributed by atoms with Crippen molar-refractivity contribution in [1.82, 2.24) is 9.80 Å². The zero-order chi connectivity index (χ0) is 21.2. The molecule has 0 atom stereocenters. The molecule has 3 heterocycles. The molecule has 2 bridgehead atoms. The number of ether oxygens (including phenoxy) is 1. The fourth-order valence-electron chi connectivity index (χ4n) is 4.65. The SMILES string of the molecule is COc1ccc(CN2C(=O)C3CC(N4C(=O)c5cccc(F)c5C4=O)(C3)C2=O)cc1. The molecule has 0 radical (unpaired) electrons. The Morgan fingerprint density at radius 3 is 2.37 bits per heavy atom. The topological polar surface area (TPSA) is 84.0 Å². The molecule has 4 amide bonds. The summed E-state index contributed by atoms with van der Waals surface area (Å²) in [4.78, 5) is 53.9. The van der Waals surface area contributed by atoms with Crippen LogP contribution >= 0.6 is 0 Å². The van der Waals surface area contributed by atoms with Crippen LogP contribution in [0.5, 0.6) is 5.75 Å². The second kappa shape index (κ2) is 6.22. The molecule has 4 aliphatic rings. The van der Waals surface area contributed by atoms with Gasteiger partial charge in [0.05, 0.1) is 24.8 Å². The Morgan fingerprint density at radius 1 is 1.03 bits per heavy atom. The van der Waals surface area contributed by atoms with Gasteiger partial charge in [0, 0.05) is 5.92 Å². The largest absolute Gasteiger partial charge is 0.497 e. The Bertz CT molecular complexity index is 1120. The van der Waals surface area contributed by atoms with E-state index < -0.39 is 35.0 Å². The van der Waals surface area contributed by atoms with E-state index in [1.54, 1.807) is 24.3 Å². The summed E-state index contributed by atoms with van der Waals surface area (Å²) >= 11 is 0. The van der Waals surface area contributed by atoms with E-state index in [9.17, 15) is 23.6 Å². The summed E-state index contributed by atoms with van der Waals surface area (Å²) in [5, 5.41) is 0. The van der Waals surface area contributed by atoms with Crippen LogP contribution in [-0.2, 0) is 16.1 Å². The number of benzene rings is 2. The van der Waals surface area contributed by atoms with E-state index in [1.807, 2.05) is 0 Å². The summed E-state index contributed by atoms with van der Waals surface area (Å²) in [5.74, 6) is -3.03. The predicted octanol–water partition coefficient (Wildman–Crippen LogP) is 2.15. The van der Waals surface area contributed by atoms with Crippen molar-refractivity contribution in [2.24, 2.45) is 5.92 Å². The molecule has 2 saturated heterocycles. The van der Waals surface area contributed by atoms with E-state index >= 15 is 0 Å². The zero-order valence-electron chi connectivity index (χ0n) is 16.1. The van der Waals surface area contributed by atoms with E-state index in [0.717, 1.165) is 15.9 Å². The van der Waals surface area contributed by atoms with Crippen molar-refractivity contribution in [3.63, 3.8) is 0 Å². The van der Waals surface area contributed by atoms with Crippen LogP contribution in [0.1, 0.15) is 39.1 Å². The molecule has 0 unspecified atom stereocenters. The normalized spacial score (nSPS) is 24.8. The van der Waals surface area contributed by atoms with Gasteiger partial charge in [0.25, 0.3) is 17.7 Å². The maximum Gasteiger partial charge on any atom is 0.265 e. The molecule has 152 valence electrons. The maximum atomic E-state index is 14.2. The number of imide groups is 2. The van der Waals surface area contributed by atoms with Crippen molar-refractivity contribution in [2.45, 2.75) is 24.9 Å². The number of amides is 4. The van der Waals surface area contributed by atoms with Gasteiger partial charge in [-0.1, -0.05) is 18.2 Å². The third kappa shape index (κ3) is 2.30. The number of nitrogens with zero attached hydrogens (tertiary/aromatic N) is 2. The minimum Gasteiger partial charge on any atom is -0.497 e. The average Bonchev–Trinajstić information content (AvgIpc) is 2.97. The monoisotopic (exact) mass is 408 g/mol. The van der Waals surface area contributed by atoms with Gasteiger partial charge in [0.15, 0.2) is 0 Å². The van der Waals surface area contributed by atoms with Crippen molar-refractivity contribution in [2.75, 3.05) is 7.11 Å². The molecule has 6 rings (SSSR count). The number of carbonyl (C=O) groups is 4. The van der Waals surface area contributed by atoms with Gasteiger partial charge in [-0.3, -0.25) is 29.0 Å². The summed E-state index contributed by atoms with van der Waals surface area (Å²) in [6.45, 7) is 0.0252. The quantitative estimate of drug-likeness (QED) is 0.724. The van der Waals surface area contributed by atoms with E-state index in [2.05, 4.69) is 0 Å². The highest BCUT2D eigenvalue weighted by atomic mass is 19.1. The summed E-state index contributed by atoms with van der Waals surface area (Å²) < 4.78 is 19.3. The van der Waals surface area contributed by atoms with Crippen molar-refractivity contribution in [3.8, 4) is 5.75 Å². The lowest BCUT2D eigenvalue weighted by atomic mass is 9.62. The molecule has 2 aromatic rings. The predicted molar refractivity (Wildman–Crippen MR) is 101 cm³/mol. The molecule has 8 heteroatoms. The average molecular weight is 408 g/mol. The minimum atomic E-state index is -1.44. The van der Waals surface area contributed by atoms with Gasteiger partial charge in [0.2, 0.25) is 5.91 Å². The molecule has 3 fully saturated rings. The van der Waals surface area contributed by atoms with Crippen molar-refractivity contribution in [1.29, 1.82) is 0 Å². The molecule has 1 aliphatic carbocycles. The second-order valence-corrected chi connectivity index (χ2v) is 7.82. The van der Waals surface area contributed by atoms with Gasteiger partial charge in [-0.05, 0) is 42.7 Å². The van der Waals surface area contributed by atoms with E-state index in [1.165, 1.54) is 19.2 Å². The van der Waals surface area contributed by atoms with Crippen LogP contribution in [0, 0.1) is 11.7 Å². The molecule has 2 aromatic carbocycles. The number of rotatable bonds is 4. The van der Waals surface area contributed by atoms with Crippen LogP contribution in [0.2, 0.25) is 0 Å². The summed E-state index contributed by atoms with van der Waals surface area (Å²) in [5.41, 5.74) is -1.09. The standard InChI is InChI=1S/C22H17FN2O5/c1-30-14-7-5-12(6-8-14)11-24-18(26)13-9-22(10-13,21(24)29)25-19(27)15-3-2-4-16(23)17(15)20(25)28/h2-8,13H,9-11H2,1H3. The maximum absolute atomic E-state index is 14.2. The lowest BCUT2D eigenvalue weighted by molar-refractivity contribution is -0.176. The summed E-state index contributed by atoms with van der Waals surface area (Å²) in [7, 11) is 1.54. The highest BCUT2D eigenvalue weighted by Crippen LogP contribution is 2.51. The third-order valence-electron chi connectivity index (χ3n) is 6.22. The van der Waals surface area contributed by atoms with Crippen LogP contribution in [0.3, 0.4) is 0 Å². The van der Waals surface area contributed by atoms with E-state index in [4.69, 9.17) is 4.74 Å². The minimum absolute atomic E-state index is 0.0252. The lowest BCUT2D eigenvalue weighted by Crippen LogP contribution is -2.74. The Kier molecular flexibility index (Phi) is 3.83. The van der Waals surface area contributed by atoms with Crippen molar-refractivity contribution in [3.05, 3.63) is 65.0 Å². The summed E-state index contributed by atoms with van der Waals surface area (Å²) in [6, 6.07) is 10.8. The van der Waals surface area contributed by atoms with Crippen LogP contribution in [0.4, 0.5) is 4.39 Å². The van der Waals surface area contributed by atoms with Crippen LogP contribution in [-0.4, -0.2) is 46.1 Å². The fourth-order valence-corrected chi connectivity index (χ4v) is 4.65. The second-order valence-electron chi connectivity index (χ2n) is 7.82. The van der Waals surface area contributed by atoms with Gasteiger partial charge < -0.3 is 4.74 Å². The Hall–Kier alpha value is -3.55. The highest BCUT2D eigenvalue weighted by molar-refractivity contribution is 6.25. The van der Waals surface area contributed by atoms with Crippen LogP contribution < -0.4 is 4.74 Å². The summed E-state index contributed by atoms with van der Waals surface area (Å²) in [6.07, 6.45) is 0.160. The molecule has 30 heavy (non-hydrogen) atoms. The molecular formula is C22H17FN2O5.